The number of carboxylic acids is 1. The fourth-order valence-electron chi connectivity index (χ4n) is 3.00. The Morgan fingerprint density at radius 2 is 1.85 bits per heavy atom. The highest BCUT2D eigenvalue weighted by Crippen LogP contribution is 2.16. The first kappa shape index (κ1) is 18.2. The van der Waals surface area contributed by atoms with Crippen molar-refractivity contribution in [1.29, 1.82) is 0 Å². The minimum Gasteiger partial charge on any atom is -0.494 e. The van der Waals surface area contributed by atoms with E-state index < -0.39 is 5.97 Å². The molecule has 0 atom stereocenters. The highest BCUT2D eigenvalue weighted by molar-refractivity contribution is 5.71. The average Bonchev–Trinajstić information content (AvgIpc) is 2.62. The van der Waals surface area contributed by atoms with Gasteiger partial charge in [0.2, 0.25) is 0 Å². The highest BCUT2D eigenvalue weighted by Gasteiger charge is 2.31. The molecule has 0 spiro atoms. The molecule has 1 aliphatic rings. The largest absolute Gasteiger partial charge is 0.494 e. The van der Waals surface area contributed by atoms with Gasteiger partial charge in [-0.25, -0.2) is 0 Å². The molecule has 0 radical (unpaired) electrons. The van der Waals surface area contributed by atoms with Crippen molar-refractivity contribution in [3.8, 4) is 5.75 Å². The quantitative estimate of drug-likeness (QED) is 0.700. The molecule has 3 rings (SSSR count). The Hall–Kier alpha value is -2.59. The van der Waals surface area contributed by atoms with E-state index in [1.54, 1.807) is 0 Å². The standard InChI is InChI=1S/C22H25NO3/c24-22(25)20-16-23(17-20)14-4-8-19-10-12-21(13-11-19)26-15-5-9-18-6-2-1-3-7-18/h1-4,6-8,10-13,20H,5,9,14-17H2,(H,24,25). The second-order valence-corrected chi connectivity index (χ2v) is 6.66. The van der Waals surface area contributed by atoms with E-state index >= 15 is 0 Å². The van der Waals surface area contributed by atoms with Crippen LogP contribution in [0.4, 0.5) is 0 Å². The number of rotatable bonds is 9. The maximum atomic E-state index is 10.8. The van der Waals surface area contributed by atoms with Crippen molar-refractivity contribution in [3.63, 3.8) is 0 Å². The zero-order chi connectivity index (χ0) is 18.2. The summed E-state index contributed by atoms with van der Waals surface area (Å²) in [5.41, 5.74) is 2.46. The number of carbonyl (C=O) groups is 1. The van der Waals surface area contributed by atoms with E-state index in [2.05, 4.69) is 41.3 Å². The van der Waals surface area contributed by atoms with E-state index in [1.165, 1.54) is 5.56 Å². The molecule has 136 valence electrons. The lowest BCUT2D eigenvalue weighted by Gasteiger charge is -2.35. The molecular weight excluding hydrogens is 326 g/mol. The van der Waals surface area contributed by atoms with Crippen LogP contribution < -0.4 is 4.74 Å². The van der Waals surface area contributed by atoms with Gasteiger partial charge in [0.15, 0.2) is 0 Å². The molecule has 0 saturated carbocycles. The van der Waals surface area contributed by atoms with Crippen LogP contribution in [-0.4, -0.2) is 42.2 Å². The third kappa shape index (κ3) is 5.46. The van der Waals surface area contributed by atoms with Crippen molar-refractivity contribution in [2.45, 2.75) is 12.8 Å². The number of aliphatic carboxylic acids is 1. The fourth-order valence-corrected chi connectivity index (χ4v) is 3.00. The number of ether oxygens (including phenoxy) is 1. The van der Waals surface area contributed by atoms with Crippen LogP contribution in [-0.2, 0) is 11.2 Å². The molecule has 1 saturated heterocycles. The molecule has 1 aliphatic heterocycles. The SMILES string of the molecule is O=C(O)C1CN(CC=Cc2ccc(OCCCc3ccccc3)cc2)C1. The summed E-state index contributed by atoms with van der Waals surface area (Å²) in [7, 11) is 0. The van der Waals surface area contributed by atoms with Crippen molar-refractivity contribution < 1.29 is 14.6 Å². The first-order valence-corrected chi connectivity index (χ1v) is 9.09. The molecular formula is C22H25NO3. The summed E-state index contributed by atoms with van der Waals surface area (Å²) >= 11 is 0. The van der Waals surface area contributed by atoms with Gasteiger partial charge in [-0.15, -0.1) is 0 Å². The van der Waals surface area contributed by atoms with Crippen molar-refractivity contribution in [3.05, 3.63) is 71.8 Å². The van der Waals surface area contributed by atoms with Gasteiger partial charge in [-0.2, -0.15) is 0 Å². The summed E-state index contributed by atoms with van der Waals surface area (Å²) in [6.07, 6.45) is 6.17. The summed E-state index contributed by atoms with van der Waals surface area (Å²) in [5.74, 6) is 0.00793. The molecule has 1 fully saturated rings. The lowest BCUT2D eigenvalue weighted by molar-refractivity contribution is -0.147. The van der Waals surface area contributed by atoms with E-state index in [1.807, 2.05) is 30.3 Å². The monoisotopic (exact) mass is 351 g/mol. The normalized spacial score (nSPS) is 15.1. The number of likely N-dealkylation sites (tertiary alicyclic amines) is 1. The molecule has 0 aliphatic carbocycles. The molecule has 26 heavy (non-hydrogen) atoms. The van der Waals surface area contributed by atoms with Gasteiger partial charge in [-0.05, 0) is 36.1 Å². The number of hydrogen-bond donors (Lipinski definition) is 1. The molecule has 1 heterocycles. The van der Waals surface area contributed by atoms with E-state index in [0.29, 0.717) is 19.7 Å². The van der Waals surface area contributed by atoms with Gasteiger partial charge in [-0.1, -0.05) is 54.6 Å². The average molecular weight is 351 g/mol. The molecule has 0 amide bonds. The minimum absolute atomic E-state index is 0.193. The maximum absolute atomic E-state index is 10.8. The Morgan fingerprint density at radius 3 is 2.54 bits per heavy atom. The zero-order valence-electron chi connectivity index (χ0n) is 14.9. The predicted molar refractivity (Wildman–Crippen MR) is 103 cm³/mol. The molecule has 1 N–H and O–H groups in total. The topological polar surface area (TPSA) is 49.8 Å². The third-order valence-corrected chi connectivity index (χ3v) is 4.58. The third-order valence-electron chi connectivity index (χ3n) is 4.58. The van der Waals surface area contributed by atoms with Crippen molar-refractivity contribution in [1.82, 2.24) is 4.90 Å². The predicted octanol–water partition coefficient (Wildman–Crippen LogP) is 3.73. The lowest BCUT2D eigenvalue weighted by atomic mass is 10.0. The van der Waals surface area contributed by atoms with Crippen molar-refractivity contribution in [2.24, 2.45) is 5.92 Å². The van der Waals surface area contributed by atoms with Gasteiger partial charge >= 0.3 is 5.97 Å². The summed E-state index contributed by atoms with van der Waals surface area (Å²) in [4.78, 5) is 12.9. The Balaban J connectivity index is 1.34. The van der Waals surface area contributed by atoms with Crippen LogP contribution in [0.1, 0.15) is 17.5 Å². The molecule has 2 aromatic rings. The Morgan fingerprint density at radius 1 is 1.12 bits per heavy atom. The van der Waals surface area contributed by atoms with Gasteiger partial charge in [0, 0.05) is 19.6 Å². The second-order valence-electron chi connectivity index (χ2n) is 6.66. The molecule has 4 heteroatoms. The number of hydrogen-bond acceptors (Lipinski definition) is 3. The molecule has 2 aromatic carbocycles. The molecule has 0 unspecified atom stereocenters. The van der Waals surface area contributed by atoms with Gasteiger partial charge < -0.3 is 9.84 Å². The zero-order valence-corrected chi connectivity index (χ0v) is 14.9. The van der Waals surface area contributed by atoms with Crippen LogP contribution >= 0.6 is 0 Å². The molecule has 4 nitrogen and oxygen atoms in total. The molecule has 0 bridgehead atoms. The number of benzene rings is 2. The van der Waals surface area contributed by atoms with Gasteiger partial charge in [0.05, 0.1) is 12.5 Å². The van der Waals surface area contributed by atoms with Crippen LogP contribution in [0, 0.1) is 5.92 Å². The summed E-state index contributed by atoms with van der Waals surface area (Å²) in [6.45, 7) is 2.80. The van der Waals surface area contributed by atoms with E-state index in [9.17, 15) is 4.79 Å². The summed E-state index contributed by atoms with van der Waals surface area (Å²) < 4.78 is 5.80. The number of aryl methyl sites for hydroxylation is 1. The van der Waals surface area contributed by atoms with Gasteiger partial charge in [0.25, 0.3) is 0 Å². The molecule has 0 aromatic heterocycles. The summed E-state index contributed by atoms with van der Waals surface area (Å²) in [6, 6.07) is 18.5. The Bertz CT molecular complexity index is 719. The van der Waals surface area contributed by atoms with Gasteiger partial charge in [-0.3, -0.25) is 9.69 Å². The fraction of sp³-hybridized carbons (Fsp3) is 0.318. The van der Waals surface area contributed by atoms with Crippen LogP contribution in [0.5, 0.6) is 5.75 Å². The summed E-state index contributed by atoms with van der Waals surface area (Å²) in [5, 5.41) is 8.86. The smallest absolute Gasteiger partial charge is 0.309 e. The number of nitrogens with zero attached hydrogens (tertiary/aromatic N) is 1. The highest BCUT2D eigenvalue weighted by atomic mass is 16.5. The lowest BCUT2D eigenvalue weighted by Crippen LogP contribution is -2.50. The maximum Gasteiger partial charge on any atom is 0.309 e. The Kier molecular flexibility index (Phi) is 6.45. The van der Waals surface area contributed by atoms with E-state index in [4.69, 9.17) is 9.84 Å². The Labute approximate surface area is 154 Å². The van der Waals surface area contributed by atoms with Crippen LogP contribution in [0.3, 0.4) is 0 Å². The second kappa shape index (κ2) is 9.20. The van der Waals surface area contributed by atoms with Gasteiger partial charge in [0.1, 0.15) is 5.75 Å². The number of carboxylic acid groups (broad SMARTS) is 1. The van der Waals surface area contributed by atoms with Crippen molar-refractivity contribution >= 4 is 12.0 Å². The van der Waals surface area contributed by atoms with Crippen molar-refractivity contribution in [2.75, 3.05) is 26.2 Å². The minimum atomic E-state index is -0.690. The van der Waals surface area contributed by atoms with E-state index in [0.717, 1.165) is 30.7 Å². The first-order valence-electron chi connectivity index (χ1n) is 9.09. The first-order chi connectivity index (χ1) is 12.7. The van der Waals surface area contributed by atoms with Crippen LogP contribution in [0.25, 0.3) is 6.08 Å². The van der Waals surface area contributed by atoms with E-state index in [-0.39, 0.29) is 5.92 Å². The van der Waals surface area contributed by atoms with Crippen LogP contribution in [0.15, 0.2) is 60.7 Å². The van der Waals surface area contributed by atoms with Crippen LogP contribution in [0.2, 0.25) is 0 Å².